The van der Waals surface area contributed by atoms with Crippen LogP contribution in [0.1, 0.15) is 12.7 Å². The fraction of sp³-hybridized carbons (Fsp3) is 0.545. The number of fused-ring (bicyclic) bond motifs is 1. The molecule has 2 heterocycles. The maximum atomic E-state index is 4.29. The quantitative estimate of drug-likeness (QED) is 0.829. The van der Waals surface area contributed by atoms with E-state index in [1.54, 1.807) is 6.20 Å². The Morgan fingerprint density at radius 2 is 2.24 bits per heavy atom. The first-order chi connectivity index (χ1) is 8.22. The van der Waals surface area contributed by atoms with Gasteiger partial charge in [0.05, 0.1) is 0 Å². The number of hydrogen-bond acceptors (Lipinski definition) is 5. The second-order valence-electron chi connectivity index (χ2n) is 4.04. The van der Waals surface area contributed by atoms with E-state index in [-0.39, 0.29) is 0 Å². The summed E-state index contributed by atoms with van der Waals surface area (Å²) in [5, 5.41) is 11.4. The Labute approximate surface area is 101 Å². The summed E-state index contributed by atoms with van der Waals surface area (Å²) in [4.78, 5) is 6.53. The van der Waals surface area contributed by atoms with Crippen molar-refractivity contribution in [3.8, 4) is 0 Å². The zero-order valence-electron chi connectivity index (χ0n) is 10.5. The molecule has 0 aliphatic rings. The molecule has 92 valence electrons. The van der Waals surface area contributed by atoms with Crippen molar-refractivity contribution >= 4 is 11.5 Å². The van der Waals surface area contributed by atoms with E-state index >= 15 is 0 Å². The highest BCUT2D eigenvalue weighted by Gasteiger charge is 2.06. The molecule has 0 atom stereocenters. The molecular formula is C11H18N6. The Bertz CT molecular complexity index is 492. The number of rotatable bonds is 5. The van der Waals surface area contributed by atoms with Crippen LogP contribution in [-0.2, 0) is 0 Å². The number of nitrogens with one attached hydrogen (secondary N) is 1. The van der Waals surface area contributed by atoms with Gasteiger partial charge < -0.3 is 10.2 Å². The predicted octanol–water partition coefficient (Wildman–Crippen LogP) is 0.796. The molecule has 0 aliphatic carbocycles. The molecule has 0 amide bonds. The average molecular weight is 234 g/mol. The summed E-state index contributed by atoms with van der Waals surface area (Å²) in [6.07, 6.45) is 3.63. The van der Waals surface area contributed by atoms with Gasteiger partial charge in [0, 0.05) is 25.5 Å². The van der Waals surface area contributed by atoms with Crippen LogP contribution in [-0.4, -0.2) is 51.2 Å². The molecule has 2 rings (SSSR count). The molecule has 0 spiro atoms. The largest absolute Gasteiger partial charge is 0.366 e. The SMILES string of the molecule is CCN(C)CCNc1nccn2c(C)nnc12. The van der Waals surface area contributed by atoms with Gasteiger partial charge in [-0.3, -0.25) is 4.40 Å². The first-order valence-electron chi connectivity index (χ1n) is 5.81. The zero-order valence-corrected chi connectivity index (χ0v) is 10.5. The first-order valence-corrected chi connectivity index (χ1v) is 5.81. The average Bonchev–Trinajstić information content (AvgIpc) is 2.72. The Kier molecular flexibility index (Phi) is 3.53. The smallest absolute Gasteiger partial charge is 0.203 e. The van der Waals surface area contributed by atoms with E-state index in [4.69, 9.17) is 0 Å². The lowest BCUT2D eigenvalue weighted by atomic mass is 10.5. The van der Waals surface area contributed by atoms with E-state index in [1.165, 1.54) is 0 Å². The van der Waals surface area contributed by atoms with Gasteiger partial charge in [-0.15, -0.1) is 10.2 Å². The highest BCUT2D eigenvalue weighted by Crippen LogP contribution is 2.11. The molecule has 6 heteroatoms. The molecule has 0 radical (unpaired) electrons. The summed E-state index contributed by atoms with van der Waals surface area (Å²) in [6, 6.07) is 0. The van der Waals surface area contributed by atoms with Crippen molar-refractivity contribution in [3.63, 3.8) is 0 Å². The summed E-state index contributed by atoms with van der Waals surface area (Å²) in [5.74, 6) is 1.66. The van der Waals surface area contributed by atoms with Gasteiger partial charge in [-0.1, -0.05) is 6.92 Å². The van der Waals surface area contributed by atoms with Gasteiger partial charge in [0.25, 0.3) is 0 Å². The number of likely N-dealkylation sites (N-methyl/N-ethyl adjacent to an activating group) is 1. The van der Waals surface area contributed by atoms with Gasteiger partial charge >= 0.3 is 0 Å². The molecule has 0 saturated heterocycles. The second kappa shape index (κ2) is 5.09. The van der Waals surface area contributed by atoms with E-state index in [0.717, 1.165) is 36.9 Å². The highest BCUT2D eigenvalue weighted by atomic mass is 15.3. The van der Waals surface area contributed by atoms with Crippen molar-refractivity contribution in [1.82, 2.24) is 24.5 Å². The van der Waals surface area contributed by atoms with E-state index in [9.17, 15) is 0 Å². The molecule has 0 saturated carbocycles. The van der Waals surface area contributed by atoms with Crippen molar-refractivity contribution in [2.24, 2.45) is 0 Å². The van der Waals surface area contributed by atoms with E-state index < -0.39 is 0 Å². The van der Waals surface area contributed by atoms with Crippen LogP contribution in [0.5, 0.6) is 0 Å². The summed E-state index contributed by atoms with van der Waals surface area (Å²) < 4.78 is 1.93. The molecule has 0 unspecified atom stereocenters. The van der Waals surface area contributed by atoms with Gasteiger partial charge in [-0.05, 0) is 20.5 Å². The van der Waals surface area contributed by atoms with Crippen LogP contribution >= 0.6 is 0 Å². The molecule has 2 aromatic rings. The van der Waals surface area contributed by atoms with Crippen molar-refractivity contribution in [2.45, 2.75) is 13.8 Å². The maximum Gasteiger partial charge on any atom is 0.203 e. The standard InChI is InChI=1S/C11H18N6/c1-4-16(3)7-5-12-10-11-15-14-9(2)17(11)8-6-13-10/h6,8H,4-5,7H2,1-3H3,(H,12,13). The van der Waals surface area contributed by atoms with Gasteiger partial charge in [0.1, 0.15) is 5.82 Å². The predicted molar refractivity (Wildman–Crippen MR) is 67.2 cm³/mol. The Hall–Kier alpha value is -1.69. The highest BCUT2D eigenvalue weighted by molar-refractivity contribution is 5.61. The monoisotopic (exact) mass is 234 g/mol. The lowest BCUT2D eigenvalue weighted by molar-refractivity contribution is 0.367. The third-order valence-corrected chi connectivity index (χ3v) is 2.82. The molecule has 1 N–H and O–H groups in total. The van der Waals surface area contributed by atoms with Crippen molar-refractivity contribution < 1.29 is 0 Å². The number of nitrogens with zero attached hydrogens (tertiary/aromatic N) is 5. The topological polar surface area (TPSA) is 58.4 Å². The van der Waals surface area contributed by atoms with Crippen LogP contribution in [0, 0.1) is 6.92 Å². The molecule has 0 aromatic carbocycles. The molecule has 0 fully saturated rings. The van der Waals surface area contributed by atoms with Gasteiger partial charge in [-0.2, -0.15) is 0 Å². The molecule has 6 nitrogen and oxygen atoms in total. The summed E-state index contributed by atoms with van der Waals surface area (Å²) in [5.41, 5.74) is 0.782. The molecule has 0 aliphatic heterocycles. The normalized spacial score (nSPS) is 11.3. The number of aromatic nitrogens is 4. The lowest BCUT2D eigenvalue weighted by Crippen LogP contribution is -2.25. The van der Waals surface area contributed by atoms with Gasteiger partial charge in [0.2, 0.25) is 5.65 Å². The van der Waals surface area contributed by atoms with Gasteiger partial charge in [-0.25, -0.2) is 4.98 Å². The van der Waals surface area contributed by atoms with E-state index in [1.807, 2.05) is 17.5 Å². The Balaban J connectivity index is 2.08. The number of hydrogen-bond donors (Lipinski definition) is 1. The van der Waals surface area contributed by atoms with E-state index in [0.29, 0.717) is 0 Å². The molecule has 0 bridgehead atoms. The fourth-order valence-corrected chi connectivity index (χ4v) is 1.59. The molecule has 2 aromatic heterocycles. The molecular weight excluding hydrogens is 216 g/mol. The van der Waals surface area contributed by atoms with Crippen LogP contribution in [0.25, 0.3) is 5.65 Å². The number of anilines is 1. The summed E-state index contributed by atoms with van der Waals surface area (Å²) >= 11 is 0. The minimum atomic E-state index is 0.782. The Morgan fingerprint density at radius 3 is 3.00 bits per heavy atom. The number of aryl methyl sites for hydroxylation is 1. The second-order valence-corrected chi connectivity index (χ2v) is 4.04. The minimum Gasteiger partial charge on any atom is -0.366 e. The summed E-state index contributed by atoms with van der Waals surface area (Å²) in [7, 11) is 2.09. The third-order valence-electron chi connectivity index (χ3n) is 2.82. The fourth-order valence-electron chi connectivity index (χ4n) is 1.59. The van der Waals surface area contributed by atoms with Crippen molar-refractivity contribution in [2.75, 3.05) is 32.0 Å². The lowest BCUT2D eigenvalue weighted by Gasteiger charge is -2.14. The first kappa shape index (κ1) is 11.8. The maximum absolute atomic E-state index is 4.29. The molecule has 17 heavy (non-hydrogen) atoms. The van der Waals surface area contributed by atoms with Crippen LogP contribution < -0.4 is 5.32 Å². The summed E-state index contributed by atoms with van der Waals surface area (Å²) in [6.45, 7) is 6.94. The third kappa shape index (κ3) is 2.52. The van der Waals surface area contributed by atoms with Crippen LogP contribution in [0.3, 0.4) is 0 Å². The van der Waals surface area contributed by atoms with Crippen molar-refractivity contribution in [3.05, 3.63) is 18.2 Å². The Morgan fingerprint density at radius 1 is 1.41 bits per heavy atom. The van der Waals surface area contributed by atoms with E-state index in [2.05, 4.69) is 39.4 Å². The van der Waals surface area contributed by atoms with Crippen LogP contribution in [0.2, 0.25) is 0 Å². The minimum absolute atomic E-state index is 0.782. The van der Waals surface area contributed by atoms with Crippen molar-refractivity contribution in [1.29, 1.82) is 0 Å². The zero-order chi connectivity index (χ0) is 12.3. The van der Waals surface area contributed by atoms with Gasteiger partial charge in [0.15, 0.2) is 5.82 Å². The van der Waals surface area contributed by atoms with Crippen LogP contribution in [0.15, 0.2) is 12.4 Å². The van der Waals surface area contributed by atoms with Crippen LogP contribution in [0.4, 0.5) is 5.82 Å².